The van der Waals surface area contributed by atoms with E-state index in [0.29, 0.717) is 30.3 Å². The third-order valence-corrected chi connectivity index (χ3v) is 6.81. The van der Waals surface area contributed by atoms with Crippen LogP contribution in [0.4, 0.5) is 0 Å². The maximum Gasteiger partial charge on any atom is 0.353 e. The van der Waals surface area contributed by atoms with Crippen molar-refractivity contribution in [2.45, 2.75) is 65.3 Å². The Morgan fingerprint density at radius 1 is 1.03 bits per heavy atom. The smallest absolute Gasteiger partial charge is 0.353 e. The zero-order valence-corrected chi connectivity index (χ0v) is 20.4. The predicted molar refractivity (Wildman–Crippen MR) is 135 cm³/mol. The van der Waals surface area contributed by atoms with Gasteiger partial charge >= 0.3 is 11.7 Å². The second-order valence-corrected chi connectivity index (χ2v) is 9.85. The standard InChI is InChI=1S/C28H33N3O4/c1-19(2)12-17-25-29-31(26(32)22-8-4-3-5-9-22)28(35)30(25)18-20-13-15-21(16-14-20)23-10-6-7-11-24(23)27(33)34/h6-7,10-11,13-16,19,22H,3-5,8-9,12,17-18H2,1-2H3,(H,33,34). The van der Waals surface area contributed by atoms with E-state index < -0.39 is 5.97 Å². The van der Waals surface area contributed by atoms with E-state index in [-0.39, 0.29) is 23.1 Å². The second-order valence-electron chi connectivity index (χ2n) is 9.85. The molecule has 1 fully saturated rings. The summed E-state index contributed by atoms with van der Waals surface area (Å²) in [5.41, 5.74) is 2.20. The summed E-state index contributed by atoms with van der Waals surface area (Å²) in [6, 6.07) is 14.4. The molecule has 0 unspecified atom stereocenters. The lowest BCUT2D eigenvalue weighted by molar-refractivity contribution is 0.0696. The van der Waals surface area contributed by atoms with Crippen LogP contribution in [-0.4, -0.2) is 31.3 Å². The summed E-state index contributed by atoms with van der Waals surface area (Å²) in [6.07, 6.45) is 6.31. The molecule has 184 valence electrons. The molecule has 0 radical (unpaired) electrons. The first-order chi connectivity index (χ1) is 16.8. The van der Waals surface area contributed by atoms with Gasteiger partial charge in [-0.05, 0) is 47.9 Å². The van der Waals surface area contributed by atoms with Crippen LogP contribution < -0.4 is 5.69 Å². The fourth-order valence-corrected chi connectivity index (χ4v) is 4.76. The highest BCUT2D eigenvalue weighted by molar-refractivity contribution is 5.96. The van der Waals surface area contributed by atoms with Crippen LogP contribution in [0.3, 0.4) is 0 Å². The molecular weight excluding hydrogens is 442 g/mol. The molecule has 0 saturated heterocycles. The number of rotatable bonds is 8. The number of hydrogen-bond donors (Lipinski definition) is 1. The summed E-state index contributed by atoms with van der Waals surface area (Å²) in [6.45, 7) is 4.56. The summed E-state index contributed by atoms with van der Waals surface area (Å²) in [5, 5.41) is 14.0. The molecule has 0 spiro atoms. The molecule has 35 heavy (non-hydrogen) atoms. The van der Waals surface area contributed by atoms with E-state index in [2.05, 4.69) is 18.9 Å². The Morgan fingerprint density at radius 3 is 2.37 bits per heavy atom. The average molecular weight is 476 g/mol. The van der Waals surface area contributed by atoms with Gasteiger partial charge in [-0.3, -0.25) is 9.36 Å². The van der Waals surface area contributed by atoms with Crippen molar-refractivity contribution in [2.24, 2.45) is 11.8 Å². The van der Waals surface area contributed by atoms with Crippen LogP contribution in [0.25, 0.3) is 11.1 Å². The van der Waals surface area contributed by atoms with Gasteiger partial charge in [0.15, 0.2) is 0 Å². The number of carboxylic acid groups (broad SMARTS) is 1. The van der Waals surface area contributed by atoms with Crippen LogP contribution in [0, 0.1) is 11.8 Å². The first kappa shape index (κ1) is 24.6. The van der Waals surface area contributed by atoms with E-state index in [1.165, 1.54) is 0 Å². The van der Waals surface area contributed by atoms with Gasteiger partial charge in [0.2, 0.25) is 0 Å². The monoisotopic (exact) mass is 475 g/mol. The number of benzene rings is 2. The third-order valence-electron chi connectivity index (χ3n) is 6.81. The molecule has 4 rings (SSSR count). The van der Waals surface area contributed by atoms with Crippen molar-refractivity contribution in [1.29, 1.82) is 0 Å². The van der Waals surface area contributed by atoms with Crippen molar-refractivity contribution < 1.29 is 14.7 Å². The van der Waals surface area contributed by atoms with E-state index in [9.17, 15) is 19.5 Å². The molecule has 0 aliphatic heterocycles. The molecule has 1 heterocycles. The fraction of sp³-hybridized carbons (Fsp3) is 0.429. The maximum atomic E-state index is 13.3. The van der Waals surface area contributed by atoms with Crippen molar-refractivity contribution in [2.75, 3.05) is 0 Å². The molecule has 0 amide bonds. The third kappa shape index (κ3) is 5.61. The molecule has 1 N–H and O–H groups in total. The van der Waals surface area contributed by atoms with Crippen LogP contribution in [-0.2, 0) is 13.0 Å². The van der Waals surface area contributed by atoms with Crippen molar-refractivity contribution >= 4 is 11.9 Å². The van der Waals surface area contributed by atoms with Gasteiger partial charge in [-0.1, -0.05) is 75.6 Å². The number of nitrogens with zero attached hydrogens (tertiary/aromatic N) is 3. The van der Waals surface area contributed by atoms with Gasteiger partial charge in [0.05, 0.1) is 12.1 Å². The van der Waals surface area contributed by atoms with Crippen LogP contribution in [0.2, 0.25) is 0 Å². The summed E-state index contributed by atoms with van der Waals surface area (Å²) < 4.78 is 2.71. The second kappa shape index (κ2) is 10.8. The SMILES string of the molecule is CC(C)CCc1nn(C(=O)C2CCCCC2)c(=O)n1Cc1ccc(-c2ccccc2C(=O)O)cc1. The maximum absolute atomic E-state index is 13.3. The van der Waals surface area contributed by atoms with E-state index in [1.54, 1.807) is 22.8 Å². The number of carboxylic acids is 1. The Labute approximate surface area is 205 Å². The van der Waals surface area contributed by atoms with Gasteiger partial charge in [0.1, 0.15) is 5.82 Å². The van der Waals surface area contributed by atoms with E-state index in [1.807, 2.05) is 30.3 Å². The number of carbonyl (C=O) groups excluding carboxylic acids is 1. The molecule has 1 aromatic heterocycles. The number of aryl methyl sites for hydroxylation is 1. The highest BCUT2D eigenvalue weighted by Crippen LogP contribution is 2.26. The van der Waals surface area contributed by atoms with Crippen LogP contribution in [0.15, 0.2) is 53.3 Å². The number of hydrogen-bond acceptors (Lipinski definition) is 4. The molecule has 0 atom stereocenters. The lowest BCUT2D eigenvalue weighted by Crippen LogP contribution is -2.35. The van der Waals surface area contributed by atoms with Crippen LogP contribution >= 0.6 is 0 Å². The summed E-state index contributed by atoms with van der Waals surface area (Å²) in [5.74, 6) is -0.197. The number of aromatic nitrogens is 3. The molecule has 2 aromatic carbocycles. The lowest BCUT2D eigenvalue weighted by Gasteiger charge is -2.19. The fourth-order valence-electron chi connectivity index (χ4n) is 4.76. The Balaban J connectivity index is 1.62. The van der Waals surface area contributed by atoms with Gasteiger partial charge in [0, 0.05) is 12.3 Å². The zero-order valence-electron chi connectivity index (χ0n) is 20.4. The lowest BCUT2D eigenvalue weighted by atomic mass is 9.89. The highest BCUT2D eigenvalue weighted by Gasteiger charge is 2.27. The first-order valence-electron chi connectivity index (χ1n) is 12.5. The van der Waals surface area contributed by atoms with E-state index in [4.69, 9.17) is 0 Å². The minimum Gasteiger partial charge on any atom is -0.478 e. The molecule has 1 aliphatic carbocycles. The molecular formula is C28H33N3O4. The van der Waals surface area contributed by atoms with Gasteiger partial charge in [0.25, 0.3) is 5.91 Å². The van der Waals surface area contributed by atoms with Gasteiger partial charge in [-0.15, -0.1) is 9.78 Å². The molecule has 7 nitrogen and oxygen atoms in total. The average Bonchev–Trinajstić information content (AvgIpc) is 3.18. The topological polar surface area (TPSA) is 94.2 Å². The Morgan fingerprint density at radius 2 is 1.71 bits per heavy atom. The molecule has 1 saturated carbocycles. The zero-order chi connectivity index (χ0) is 24.9. The highest BCUT2D eigenvalue weighted by atomic mass is 16.4. The van der Waals surface area contributed by atoms with E-state index in [0.717, 1.165) is 54.3 Å². The van der Waals surface area contributed by atoms with Gasteiger partial charge in [-0.25, -0.2) is 9.59 Å². The molecule has 1 aliphatic rings. The van der Waals surface area contributed by atoms with Crippen molar-refractivity contribution in [3.8, 4) is 11.1 Å². The Bertz CT molecular complexity index is 1250. The minimum absolute atomic E-state index is 0.128. The molecule has 0 bridgehead atoms. The summed E-state index contributed by atoms with van der Waals surface area (Å²) in [4.78, 5) is 38.0. The predicted octanol–water partition coefficient (Wildman–Crippen LogP) is 5.27. The quantitative estimate of drug-likeness (QED) is 0.479. The van der Waals surface area contributed by atoms with Gasteiger partial charge < -0.3 is 5.11 Å². The van der Waals surface area contributed by atoms with Crippen LogP contribution in [0.1, 0.15) is 78.9 Å². The van der Waals surface area contributed by atoms with Gasteiger partial charge in [-0.2, -0.15) is 0 Å². The Hall–Kier alpha value is -3.48. The largest absolute Gasteiger partial charge is 0.478 e. The molecule has 3 aromatic rings. The molecule has 7 heteroatoms. The summed E-state index contributed by atoms with van der Waals surface area (Å²) in [7, 11) is 0. The van der Waals surface area contributed by atoms with Crippen molar-refractivity contribution in [3.05, 3.63) is 76.0 Å². The Kier molecular flexibility index (Phi) is 7.63. The van der Waals surface area contributed by atoms with Crippen molar-refractivity contribution in [3.63, 3.8) is 0 Å². The number of carbonyl (C=O) groups is 2. The first-order valence-corrected chi connectivity index (χ1v) is 12.5. The minimum atomic E-state index is -0.971. The van der Waals surface area contributed by atoms with Crippen molar-refractivity contribution in [1.82, 2.24) is 14.3 Å². The van der Waals surface area contributed by atoms with E-state index >= 15 is 0 Å². The summed E-state index contributed by atoms with van der Waals surface area (Å²) >= 11 is 0. The number of aromatic carboxylic acids is 1. The van der Waals surface area contributed by atoms with Crippen LogP contribution in [0.5, 0.6) is 0 Å². The normalized spacial score (nSPS) is 14.4.